The summed E-state index contributed by atoms with van der Waals surface area (Å²) in [6.07, 6.45) is 3.59. The molecule has 0 saturated heterocycles. The second-order valence-electron chi connectivity index (χ2n) is 4.08. The van der Waals surface area contributed by atoms with Gasteiger partial charge in [-0.2, -0.15) is 0 Å². The highest BCUT2D eigenvalue weighted by molar-refractivity contribution is 5.41. The monoisotopic (exact) mass is 190 g/mol. The van der Waals surface area contributed by atoms with Gasteiger partial charge < -0.3 is 4.74 Å². The molecule has 1 aromatic rings. The van der Waals surface area contributed by atoms with Crippen LogP contribution >= 0.6 is 0 Å². The van der Waals surface area contributed by atoms with Crippen molar-refractivity contribution in [3.05, 3.63) is 29.8 Å². The van der Waals surface area contributed by atoms with Gasteiger partial charge in [-0.1, -0.05) is 32.0 Å². The minimum Gasteiger partial charge on any atom is -0.493 e. The predicted molar refractivity (Wildman–Crippen MR) is 58.8 cm³/mol. The summed E-state index contributed by atoms with van der Waals surface area (Å²) in [5.74, 6) is 1.10. The van der Waals surface area contributed by atoms with Gasteiger partial charge in [-0.15, -0.1) is 0 Å². The van der Waals surface area contributed by atoms with Gasteiger partial charge in [-0.05, 0) is 25.3 Å². The fraction of sp³-hybridized carbons (Fsp3) is 0.538. The molecule has 1 aliphatic heterocycles. The van der Waals surface area contributed by atoms with Gasteiger partial charge in [0.25, 0.3) is 0 Å². The summed E-state index contributed by atoms with van der Waals surface area (Å²) in [4.78, 5) is 0. The number of para-hydroxylation sites is 1. The Balaban J connectivity index is 2.48. The molecule has 1 heterocycles. The molecule has 0 aliphatic carbocycles. The molecular weight excluding hydrogens is 172 g/mol. The first kappa shape index (κ1) is 9.57. The Morgan fingerprint density at radius 1 is 1.21 bits per heavy atom. The molecule has 1 heteroatoms. The van der Waals surface area contributed by atoms with Crippen molar-refractivity contribution in [3.8, 4) is 5.75 Å². The summed E-state index contributed by atoms with van der Waals surface area (Å²) >= 11 is 0. The fourth-order valence-electron chi connectivity index (χ4n) is 2.51. The van der Waals surface area contributed by atoms with Gasteiger partial charge in [-0.3, -0.25) is 0 Å². The van der Waals surface area contributed by atoms with Crippen molar-refractivity contribution in [2.24, 2.45) is 0 Å². The smallest absolute Gasteiger partial charge is 0.123 e. The van der Waals surface area contributed by atoms with Crippen LogP contribution in [0, 0.1) is 0 Å². The Kier molecular flexibility index (Phi) is 2.49. The number of ether oxygens (including phenoxy) is 1. The number of hydrogen-bond donors (Lipinski definition) is 0. The van der Waals surface area contributed by atoms with Crippen LogP contribution in [0.2, 0.25) is 0 Å². The average Bonchev–Trinajstić information content (AvgIpc) is 2.28. The highest BCUT2D eigenvalue weighted by Gasteiger charge is 2.33. The quantitative estimate of drug-likeness (QED) is 0.693. The van der Waals surface area contributed by atoms with Crippen molar-refractivity contribution in [3.63, 3.8) is 0 Å². The van der Waals surface area contributed by atoms with Gasteiger partial charge in [0.2, 0.25) is 0 Å². The van der Waals surface area contributed by atoms with Crippen LogP contribution in [-0.2, 0) is 5.41 Å². The van der Waals surface area contributed by atoms with Crippen LogP contribution < -0.4 is 4.74 Å². The van der Waals surface area contributed by atoms with Gasteiger partial charge in [0, 0.05) is 11.0 Å². The number of benzene rings is 1. The molecule has 0 aromatic heterocycles. The molecule has 76 valence electrons. The van der Waals surface area contributed by atoms with E-state index in [1.165, 1.54) is 18.4 Å². The zero-order chi connectivity index (χ0) is 10.0. The van der Waals surface area contributed by atoms with E-state index < -0.39 is 0 Å². The lowest BCUT2D eigenvalue weighted by molar-refractivity contribution is 0.204. The topological polar surface area (TPSA) is 9.23 Å². The molecule has 0 radical (unpaired) electrons. The maximum atomic E-state index is 5.68. The van der Waals surface area contributed by atoms with Crippen LogP contribution in [0.3, 0.4) is 0 Å². The lowest BCUT2D eigenvalue weighted by Gasteiger charge is -2.37. The van der Waals surface area contributed by atoms with E-state index in [1.807, 2.05) is 0 Å². The minimum atomic E-state index is 0.370. The molecule has 0 atom stereocenters. The van der Waals surface area contributed by atoms with E-state index in [9.17, 15) is 0 Å². The van der Waals surface area contributed by atoms with Crippen LogP contribution in [0.15, 0.2) is 24.3 Å². The van der Waals surface area contributed by atoms with Crippen molar-refractivity contribution in [2.45, 2.75) is 38.5 Å². The summed E-state index contributed by atoms with van der Waals surface area (Å²) in [6.45, 7) is 5.44. The second-order valence-corrected chi connectivity index (χ2v) is 4.08. The van der Waals surface area contributed by atoms with E-state index in [-0.39, 0.29) is 0 Å². The van der Waals surface area contributed by atoms with Crippen LogP contribution in [0.25, 0.3) is 0 Å². The van der Waals surface area contributed by atoms with Gasteiger partial charge in [0.05, 0.1) is 6.61 Å². The molecule has 0 amide bonds. The molecule has 0 spiro atoms. The van der Waals surface area contributed by atoms with Crippen LogP contribution in [0.1, 0.15) is 38.7 Å². The zero-order valence-electron chi connectivity index (χ0n) is 9.05. The third kappa shape index (κ3) is 1.31. The lowest BCUT2D eigenvalue weighted by Crippen LogP contribution is -2.31. The minimum absolute atomic E-state index is 0.370. The van der Waals surface area contributed by atoms with E-state index in [0.717, 1.165) is 18.8 Å². The van der Waals surface area contributed by atoms with Crippen molar-refractivity contribution in [1.29, 1.82) is 0 Å². The summed E-state index contributed by atoms with van der Waals surface area (Å²) < 4.78 is 5.68. The van der Waals surface area contributed by atoms with Gasteiger partial charge in [0.1, 0.15) is 5.75 Å². The number of rotatable bonds is 2. The SMILES string of the molecule is CCC1(CC)CCOc2ccccc21. The molecule has 2 rings (SSSR count). The van der Waals surface area contributed by atoms with Gasteiger partial charge in [0.15, 0.2) is 0 Å². The molecule has 1 aromatic carbocycles. The Morgan fingerprint density at radius 3 is 2.64 bits per heavy atom. The van der Waals surface area contributed by atoms with Gasteiger partial charge >= 0.3 is 0 Å². The third-order valence-electron chi connectivity index (χ3n) is 3.65. The Bertz CT molecular complexity index is 313. The average molecular weight is 190 g/mol. The molecule has 0 fully saturated rings. The van der Waals surface area contributed by atoms with Gasteiger partial charge in [-0.25, -0.2) is 0 Å². The van der Waals surface area contributed by atoms with Crippen molar-refractivity contribution in [1.82, 2.24) is 0 Å². The Hall–Kier alpha value is -0.980. The van der Waals surface area contributed by atoms with Crippen molar-refractivity contribution < 1.29 is 4.74 Å². The van der Waals surface area contributed by atoms with Crippen LogP contribution in [-0.4, -0.2) is 6.61 Å². The predicted octanol–water partition coefficient (Wildman–Crippen LogP) is 3.53. The highest BCUT2D eigenvalue weighted by atomic mass is 16.5. The van der Waals surface area contributed by atoms with E-state index in [2.05, 4.69) is 38.1 Å². The first-order valence-electron chi connectivity index (χ1n) is 5.55. The number of hydrogen-bond acceptors (Lipinski definition) is 1. The standard InChI is InChI=1S/C13H18O/c1-3-13(4-2)9-10-14-12-8-6-5-7-11(12)13/h5-8H,3-4,9-10H2,1-2H3. The lowest BCUT2D eigenvalue weighted by atomic mass is 9.72. The molecule has 1 nitrogen and oxygen atoms in total. The molecule has 1 aliphatic rings. The molecule has 0 N–H and O–H groups in total. The van der Waals surface area contributed by atoms with Crippen LogP contribution in [0.4, 0.5) is 0 Å². The maximum Gasteiger partial charge on any atom is 0.123 e. The van der Waals surface area contributed by atoms with E-state index in [0.29, 0.717) is 5.41 Å². The summed E-state index contributed by atoms with van der Waals surface area (Å²) in [5.41, 5.74) is 1.78. The van der Waals surface area contributed by atoms with E-state index in [1.54, 1.807) is 0 Å². The normalized spacial score (nSPS) is 18.4. The van der Waals surface area contributed by atoms with Crippen molar-refractivity contribution in [2.75, 3.05) is 6.61 Å². The first-order chi connectivity index (χ1) is 6.82. The number of fused-ring (bicyclic) bond motifs is 1. The first-order valence-corrected chi connectivity index (χ1v) is 5.55. The molecule has 0 unspecified atom stereocenters. The second kappa shape index (κ2) is 3.64. The van der Waals surface area contributed by atoms with E-state index >= 15 is 0 Å². The summed E-state index contributed by atoms with van der Waals surface area (Å²) in [7, 11) is 0. The largest absolute Gasteiger partial charge is 0.493 e. The Labute approximate surface area is 86.1 Å². The molecule has 0 saturated carbocycles. The maximum absolute atomic E-state index is 5.68. The highest BCUT2D eigenvalue weighted by Crippen LogP contribution is 2.43. The van der Waals surface area contributed by atoms with Crippen molar-refractivity contribution >= 4 is 0 Å². The van der Waals surface area contributed by atoms with Crippen LogP contribution in [0.5, 0.6) is 5.75 Å². The summed E-state index contributed by atoms with van der Waals surface area (Å²) in [6, 6.07) is 8.49. The molecule has 14 heavy (non-hydrogen) atoms. The zero-order valence-corrected chi connectivity index (χ0v) is 9.05. The fourth-order valence-corrected chi connectivity index (χ4v) is 2.51. The Morgan fingerprint density at radius 2 is 1.93 bits per heavy atom. The summed E-state index contributed by atoms with van der Waals surface area (Å²) in [5, 5.41) is 0. The molecule has 0 bridgehead atoms. The molecular formula is C13H18O. The van der Waals surface area contributed by atoms with E-state index in [4.69, 9.17) is 4.74 Å². The third-order valence-corrected chi connectivity index (χ3v) is 3.65.